The number of benzene rings is 3. The first-order chi connectivity index (χ1) is 11.7. The molecule has 0 radical (unpaired) electrons. The summed E-state index contributed by atoms with van der Waals surface area (Å²) >= 11 is 0. The van der Waals surface area contributed by atoms with Crippen LogP contribution in [-0.4, -0.2) is 11.7 Å². The molecule has 24 heavy (non-hydrogen) atoms. The van der Waals surface area contributed by atoms with Crippen LogP contribution in [0.25, 0.3) is 0 Å². The van der Waals surface area contributed by atoms with Crippen molar-refractivity contribution in [1.82, 2.24) is 0 Å². The van der Waals surface area contributed by atoms with Crippen molar-refractivity contribution in [3.63, 3.8) is 0 Å². The minimum Gasteiger partial charge on any atom is -0.396 e. The van der Waals surface area contributed by atoms with E-state index >= 15 is 0 Å². The molecule has 3 aromatic rings. The fourth-order valence-electron chi connectivity index (χ4n) is 2.60. The van der Waals surface area contributed by atoms with Gasteiger partial charge in [0.1, 0.15) is 0 Å². The van der Waals surface area contributed by atoms with E-state index in [0.29, 0.717) is 6.61 Å². The van der Waals surface area contributed by atoms with E-state index in [9.17, 15) is 0 Å². The molecule has 0 unspecified atom stereocenters. The maximum absolute atomic E-state index is 7.88. The Bertz CT molecular complexity index is 597. The van der Waals surface area contributed by atoms with Gasteiger partial charge in [-0.25, -0.2) is 0 Å². The quantitative estimate of drug-likeness (QED) is 0.703. The summed E-state index contributed by atoms with van der Waals surface area (Å²) in [6, 6.07) is 30.7. The highest BCUT2D eigenvalue weighted by Crippen LogP contribution is 2.33. The minimum absolute atomic E-state index is 0.319. The van der Waals surface area contributed by atoms with Gasteiger partial charge < -0.3 is 10.8 Å². The lowest BCUT2D eigenvalue weighted by molar-refractivity contribution is 0.295. The third kappa shape index (κ3) is 4.10. The van der Waals surface area contributed by atoms with Gasteiger partial charge in [-0.05, 0) is 23.1 Å². The molecule has 0 fully saturated rings. The van der Waals surface area contributed by atoms with Gasteiger partial charge in [0.2, 0.25) is 0 Å². The Morgan fingerprint density at radius 2 is 0.917 bits per heavy atom. The molecule has 0 heterocycles. The van der Waals surface area contributed by atoms with Crippen LogP contribution in [0.2, 0.25) is 0 Å². The van der Waals surface area contributed by atoms with Gasteiger partial charge >= 0.3 is 0 Å². The Hall–Kier alpha value is -2.42. The van der Waals surface area contributed by atoms with Crippen LogP contribution in [-0.2, 0) is 5.54 Å². The summed E-state index contributed by atoms with van der Waals surface area (Å²) in [6.45, 7) is 2.25. The molecule has 0 aliphatic heterocycles. The van der Waals surface area contributed by atoms with Crippen LogP contribution in [0.1, 0.15) is 30.0 Å². The fraction of sp³-hybridized carbons (Fsp3) is 0.182. The van der Waals surface area contributed by atoms with Gasteiger partial charge in [-0.3, -0.25) is 0 Å². The standard InChI is InChI=1S/C19H17N.C3H8O/c20-19(16-10-4-1-5-11-16,17-12-6-2-7-13-17)18-14-8-3-9-15-18;1-2-3-4/h1-15H,20H2;4H,2-3H2,1H3. The number of rotatable bonds is 4. The lowest BCUT2D eigenvalue weighted by Gasteiger charge is -2.31. The third-order valence-electron chi connectivity index (χ3n) is 3.91. The molecule has 0 spiro atoms. The van der Waals surface area contributed by atoms with Gasteiger partial charge in [-0.15, -0.1) is 0 Å². The molecule has 0 atom stereocenters. The van der Waals surface area contributed by atoms with Crippen molar-refractivity contribution < 1.29 is 5.11 Å². The molecule has 2 heteroatoms. The number of aliphatic hydroxyl groups excluding tert-OH is 1. The molecule has 0 aliphatic rings. The van der Waals surface area contributed by atoms with Crippen LogP contribution in [0.15, 0.2) is 91.0 Å². The van der Waals surface area contributed by atoms with Crippen LogP contribution < -0.4 is 5.73 Å². The summed E-state index contributed by atoms with van der Waals surface area (Å²) in [6.07, 6.45) is 0.875. The summed E-state index contributed by atoms with van der Waals surface area (Å²) in [5.74, 6) is 0. The molecule has 3 rings (SSSR count). The second-order valence-electron chi connectivity index (χ2n) is 5.63. The maximum atomic E-state index is 7.88. The van der Waals surface area contributed by atoms with E-state index in [2.05, 4.69) is 36.4 Å². The Balaban J connectivity index is 0.000000471. The summed E-state index contributed by atoms with van der Waals surface area (Å²) in [5, 5.41) is 7.88. The zero-order chi connectivity index (χ0) is 17.3. The number of hydrogen-bond donors (Lipinski definition) is 2. The van der Waals surface area contributed by atoms with E-state index in [-0.39, 0.29) is 0 Å². The zero-order valence-corrected chi connectivity index (χ0v) is 14.1. The Kier molecular flexibility index (Phi) is 6.74. The third-order valence-corrected chi connectivity index (χ3v) is 3.91. The summed E-state index contributed by atoms with van der Waals surface area (Å²) in [4.78, 5) is 0. The van der Waals surface area contributed by atoms with Gasteiger partial charge in [0.05, 0.1) is 5.54 Å². The lowest BCUT2D eigenvalue weighted by atomic mass is 9.78. The highest BCUT2D eigenvalue weighted by atomic mass is 16.2. The van der Waals surface area contributed by atoms with Crippen molar-refractivity contribution in [2.24, 2.45) is 5.73 Å². The average Bonchev–Trinajstić information content (AvgIpc) is 2.69. The van der Waals surface area contributed by atoms with Crippen molar-refractivity contribution in [2.45, 2.75) is 18.9 Å². The second kappa shape index (κ2) is 9.02. The van der Waals surface area contributed by atoms with E-state index in [4.69, 9.17) is 10.8 Å². The molecule has 0 saturated carbocycles. The molecule has 0 aromatic heterocycles. The topological polar surface area (TPSA) is 46.2 Å². The minimum atomic E-state index is -0.621. The van der Waals surface area contributed by atoms with E-state index in [1.807, 2.05) is 61.5 Å². The SMILES string of the molecule is CCCO.NC(c1ccccc1)(c1ccccc1)c1ccccc1. The van der Waals surface area contributed by atoms with Crippen molar-refractivity contribution in [2.75, 3.05) is 6.61 Å². The van der Waals surface area contributed by atoms with Crippen LogP contribution >= 0.6 is 0 Å². The normalized spacial score (nSPS) is 10.6. The second-order valence-corrected chi connectivity index (χ2v) is 5.63. The monoisotopic (exact) mass is 319 g/mol. The first kappa shape index (κ1) is 17.9. The fourth-order valence-corrected chi connectivity index (χ4v) is 2.60. The zero-order valence-electron chi connectivity index (χ0n) is 14.1. The average molecular weight is 319 g/mol. The predicted molar refractivity (Wildman–Crippen MR) is 101 cm³/mol. The van der Waals surface area contributed by atoms with E-state index in [1.165, 1.54) is 0 Å². The first-order valence-electron chi connectivity index (χ1n) is 8.29. The van der Waals surface area contributed by atoms with E-state index in [1.54, 1.807) is 0 Å². The van der Waals surface area contributed by atoms with Crippen LogP contribution in [0.5, 0.6) is 0 Å². The highest BCUT2D eigenvalue weighted by Gasteiger charge is 2.31. The summed E-state index contributed by atoms with van der Waals surface area (Å²) < 4.78 is 0. The molecule has 0 saturated heterocycles. The molecule has 0 aliphatic carbocycles. The van der Waals surface area contributed by atoms with Gasteiger partial charge in [-0.1, -0.05) is 97.9 Å². The number of hydrogen-bond acceptors (Lipinski definition) is 2. The largest absolute Gasteiger partial charge is 0.396 e. The molecule has 0 bridgehead atoms. The van der Waals surface area contributed by atoms with Crippen molar-refractivity contribution >= 4 is 0 Å². The molecule has 3 aromatic carbocycles. The summed E-state index contributed by atoms with van der Waals surface area (Å²) in [5.41, 5.74) is 9.53. The van der Waals surface area contributed by atoms with Gasteiger partial charge in [-0.2, -0.15) is 0 Å². The molecular formula is C22H25NO. The molecule has 3 N–H and O–H groups in total. The van der Waals surface area contributed by atoms with Gasteiger partial charge in [0.25, 0.3) is 0 Å². The van der Waals surface area contributed by atoms with Crippen molar-refractivity contribution in [1.29, 1.82) is 0 Å². The lowest BCUT2D eigenvalue weighted by Crippen LogP contribution is -2.39. The first-order valence-corrected chi connectivity index (χ1v) is 8.29. The van der Waals surface area contributed by atoms with Crippen molar-refractivity contribution in [3.8, 4) is 0 Å². The molecule has 2 nitrogen and oxygen atoms in total. The van der Waals surface area contributed by atoms with Crippen LogP contribution in [0, 0.1) is 0 Å². The molecule has 124 valence electrons. The smallest absolute Gasteiger partial charge is 0.0922 e. The Morgan fingerprint density at radius 1 is 0.667 bits per heavy atom. The predicted octanol–water partition coefficient (Wildman–Crippen LogP) is 4.33. The highest BCUT2D eigenvalue weighted by molar-refractivity contribution is 5.48. The summed E-state index contributed by atoms with van der Waals surface area (Å²) in [7, 11) is 0. The van der Waals surface area contributed by atoms with E-state index < -0.39 is 5.54 Å². The number of aliphatic hydroxyl groups is 1. The molecular weight excluding hydrogens is 294 g/mol. The van der Waals surface area contributed by atoms with E-state index in [0.717, 1.165) is 23.1 Å². The molecule has 0 amide bonds. The Morgan fingerprint density at radius 3 is 1.12 bits per heavy atom. The van der Waals surface area contributed by atoms with Crippen molar-refractivity contribution in [3.05, 3.63) is 108 Å². The van der Waals surface area contributed by atoms with Crippen LogP contribution in [0.4, 0.5) is 0 Å². The Labute approximate surface area is 144 Å². The van der Waals surface area contributed by atoms with Crippen LogP contribution in [0.3, 0.4) is 0 Å². The maximum Gasteiger partial charge on any atom is 0.0922 e. The number of nitrogens with two attached hydrogens (primary N) is 1. The van der Waals surface area contributed by atoms with Gasteiger partial charge in [0.15, 0.2) is 0 Å². The van der Waals surface area contributed by atoms with Gasteiger partial charge in [0, 0.05) is 6.61 Å².